The average molecular weight is 418 g/mol. The molecule has 0 fully saturated rings. The van der Waals surface area contributed by atoms with Crippen molar-refractivity contribution >= 4 is 34.5 Å². The number of rotatable bonds is 6. The van der Waals surface area contributed by atoms with Gasteiger partial charge in [0.1, 0.15) is 5.69 Å². The highest BCUT2D eigenvalue weighted by molar-refractivity contribution is 5.98. The number of anilines is 2. The number of aryl methyl sites for hydroxylation is 1. The summed E-state index contributed by atoms with van der Waals surface area (Å²) < 4.78 is 1.66. The molecule has 0 saturated carbocycles. The summed E-state index contributed by atoms with van der Waals surface area (Å²) in [5, 5.41) is 16.3. The zero-order valence-corrected chi connectivity index (χ0v) is 16.7. The summed E-state index contributed by atoms with van der Waals surface area (Å²) in [6.45, 7) is 0. The van der Waals surface area contributed by atoms with Crippen LogP contribution in [0, 0.1) is 0 Å². The lowest BCUT2D eigenvalue weighted by Crippen LogP contribution is -2.43. The summed E-state index contributed by atoms with van der Waals surface area (Å²) in [6.07, 6.45) is 0.211. The van der Waals surface area contributed by atoms with E-state index in [4.69, 9.17) is 5.73 Å². The number of imidazole rings is 1. The molecular formula is C22H22N6O3. The number of aliphatic hydroxyl groups excluding tert-OH is 1. The Morgan fingerprint density at radius 1 is 1.13 bits per heavy atom. The molecule has 31 heavy (non-hydrogen) atoms. The lowest BCUT2D eigenvalue weighted by atomic mass is 10.00. The molecule has 2 aromatic carbocycles. The summed E-state index contributed by atoms with van der Waals surface area (Å²) in [5.74, 6) is -0.790. The molecule has 2 heterocycles. The van der Waals surface area contributed by atoms with Crippen LogP contribution in [0.2, 0.25) is 0 Å². The normalized spacial score (nSPS) is 13.0. The molecule has 0 aliphatic rings. The zero-order chi connectivity index (χ0) is 22.0. The minimum atomic E-state index is -1.53. The van der Waals surface area contributed by atoms with Gasteiger partial charge in [-0.05, 0) is 35.9 Å². The molecule has 4 rings (SSSR count). The number of aromatic nitrogens is 3. The lowest BCUT2D eigenvalue weighted by Gasteiger charge is -2.24. The smallest absolute Gasteiger partial charge is 0.268 e. The number of nitrogens with one attached hydrogen (secondary N) is 3. The van der Waals surface area contributed by atoms with Crippen LogP contribution in [0.15, 0.2) is 66.9 Å². The number of nitrogens with zero attached hydrogens (tertiary/aromatic N) is 2. The topological polar surface area (TPSA) is 138 Å². The van der Waals surface area contributed by atoms with E-state index in [9.17, 15) is 14.7 Å². The maximum atomic E-state index is 12.8. The summed E-state index contributed by atoms with van der Waals surface area (Å²) in [6, 6.07) is 16.3. The second-order valence-electron chi connectivity index (χ2n) is 7.15. The van der Waals surface area contributed by atoms with E-state index in [1.165, 1.54) is 0 Å². The Morgan fingerprint density at radius 3 is 2.61 bits per heavy atom. The van der Waals surface area contributed by atoms with E-state index in [1.807, 2.05) is 6.07 Å². The van der Waals surface area contributed by atoms with Gasteiger partial charge in [-0.1, -0.05) is 30.3 Å². The average Bonchev–Trinajstić information content (AvgIpc) is 3.36. The Labute approximate surface area is 177 Å². The highest BCUT2D eigenvalue weighted by atomic mass is 16.3. The third-order valence-corrected chi connectivity index (χ3v) is 4.97. The van der Waals surface area contributed by atoms with E-state index in [0.717, 1.165) is 0 Å². The van der Waals surface area contributed by atoms with Gasteiger partial charge in [-0.15, -0.1) is 0 Å². The molecule has 0 aliphatic carbocycles. The Balaban J connectivity index is 1.56. The van der Waals surface area contributed by atoms with Crippen molar-refractivity contribution in [3.05, 3.63) is 78.1 Å². The zero-order valence-electron chi connectivity index (χ0n) is 16.7. The largest absolute Gasteiger partial charge is 0.381 e. The number of benzene rings is 2. The molecule has 0 aliphatic heterocycles. The molecule has 0 radical (unpaired) electrons. The number of hydrogen-bond donors (Lipinski definition) is 5. The van der Waals surface area contributed by atoms with Gasteiger partial charge in [0.15, 0.2) is 12.1 Å². The fourth-order valence-electron chi connectivity index (χ4n) is 3.39. The Hall–Kier alpha value is -4.11. The fraction of sp³-hybridized carbons (Fsp3) is 0.136. The van der Waals surface area contributed by atoms with E-state index in [1.54, 1.807) is 72.4 Å². The fourth-order valence-corrected chi connectivity index (χ4v) is 3.39. The first kappa shape index (κ1) is 20.2. The van der Waals surface area contributed by atoms with Crippen LogP contribution >= 0.6 is 0 Å². The van der Waals surface area contributed by atoms with Crippen molar-refractivity contribution in [3.8, 4) is 0 Å². The van der Waals surface area contributed by atoms with Crippen LogP contribution < -0.4 is 16.4 Å². The van der Waals surface area contributed by atoms with Crippen molar-refractivity contribution < 1.29 is 14.7 Å². The van der Waals surface area contributed by atoms with Crippen LogP contribution in [0.4, 0.5) is 11.6 Å². The molecule has 2 atom stereocenters. The number of aromatic amines is 1. The van der Waals surface area contributed by atoms with Gasteiger partial charge in [0.05, 0.1) is 17.1 Å². The molecule has 158 valence electrons. The van der Waals surface area contributed by atoms with Gasteiger partial charge >= 0.3 is 0 Å². The Morgan fingerprint density at radius 2 is 1.90 bits per heavy atom. The standard InChI is InChI=1S/C22H22N6O3/c1-28-11-5-8-17(28)20(30)27-18(13-6-3-2-4-7-13)19(29)21(31)24-14-9-10-15-16(12-14)26-22(23)25-15/h2-12,18-19,29H,1H3,(H,24,31)(H,27,30)(H3,23,25,26)/t18-,19+/m0/s1. The lowest BCUT2D eigenvalue weighted by molar-refractivity contribution is -0.125. The van der Waals surface area contributed by atoms with Gasteiger partial charge in [0, 0.05) is 18.9 Å². The summed E-state index contributed by atoms with van der Waals surface area (Å²) in [7, 11) is 1.74. The molecule has 6 N–H and O–H groups in total. The summed E-state index contributed by atoms with van der Waals surface area (Å²) in [5.41, 5.74) is 8.44. The molecule has 2 aromatic heterocycles. The van der Waals surface area contributed by atoms with Crippen molar-refractivity contribution in [1.82, 2.24) is 19.9 Å². The predicted molar refractivity (Wildman–Crippen MR) is 117 cm³/mol. The summed E-state index contributed by atoms with van der Waals surface area (Å²) in [4.78, 5) is 32.6. The number of H-pyrrole nitrogens is 1. The number of carbonyl (C=O) groups is 2. The van der Waals surface area contributed by atoms with Crippen molar-refractivity contribution in [2.75, 3.05) is 11.1 Å². The van der Waals surface area contributed by atoms with Gasteiger partial charge < -0.3 is 31.0 Å². The molecule has 0 saturated heterocycles. The van der Waals surface area contributed by atoms with Gasteiger partial charge in [-0.2, -0.15) is 0 Å². The van der Waals surface area contributed by atoms with Gasteiger partial charge in [-0.25, -0.2) is 4.98 Å². The van der Waals surface area contributed by atoms with E-state index in [0.29, 0.717) is 28.0 Å². The predicted octanol–water partition coefficient (Wildman–Crippen LogP) is 1.95. The molecule has 0 spiro atoms. The van der Waals surface area contributed by atoms with E-state index >= 15 is 0 Å². The minimum Gasteiger partial charge on any atom is -0.381 e. The van der Waals surface area contributed by atoms with Gasteiger partial charge in [0.25, 0.3) is 11.8 Å². The SMILES string of the molecule is Cn1cccc1C(=O)N[C@@H](c1ccccc1)[C@@H](O)C(=O)Nc1ccc2nc(N)[nH]c2c1. The van der Waals surface area contributed by atoms with Crippen LogP contribution in [0.25, 0.3) is 11.0 Å². The molecule has 0 bridgehead atoms. The Kier molecular flexibility index (Phi) is 5.42. The molecule has 0 unspecified atom stereocenters. The van der Waals surface area contributed by atoms with Crippen molar-refractivity contribution in [1.29, 1.82) is 0 Å². The number of nitrogen functional groups attached to an aromatic ring is 1. The van der Waals surface area contributed by atoms with Crippen LogP contribution in [0.3, 0.4) is 0 Å². The Bertz CT molecular complexity index is 1230. The van der Waals surface area contributed by atoms with E-state index < -0.39 is 24.0 Å². The number of carbonyl (C=O) groups excluding carboxylic acids is 2. The highest BCUT2D eigenvalue weighted by Gasteiger charge is 2.30. The number of amides is 2. The molecule has 2 amide bonds. The third kappa shape index (κ3) is 4.26. The van der Waals surface area contributed by atoms with Gasteiger partial charge in [-0.3, -0.25) is 9.59 Å². The quantitative estimate of drug-likeness (QED) is 0.326. The van der Waals surface area contributed by atoms with E-state index in [-0.39, 0.29) is 5.95 Å². The molecule has 9 heteroatoms. The van der Waals surface area contributed by atoms with Crippen LogP contribution in [-0.2, 0) is 11.8 Å². The molecular weight excluding hydrogens is 396 g/mol. The maximum Gasteiger partial charge on any atom is 0.268 e. The third-order valence-electron chi connectivity index (χ3n) is 4.97. The molecule has 4 aromatic rings. The van der Waals surface area contributed by atoms with Crippen molar-refractivity contribution in [3.63, 3.8) is 0 Å². The second-order valence-corrected chi connectivity index (χ2v) is 7.15. The molecule has 9 nitrogen and oxygen atoms in total. The van der Waals surface area contributed by atoms with Gasteiger partial charge in [0.2, 0.25) is 0 Å². The van der Waals surface area contributed by atoms with Crippen LogP contribution in [0.1, 0.15) is 22.1 Å². The van der Waals surface area contributed by atoms with Crippen LogP contribution in [-0.4, -0.2) is 37.6 Å². The first-order valence-electron chi connectivity index (χ1n) is 9.63. The summed E-state index contributed by atoms with van der Waals surface area (Å²) >= 11 is 0. The van der Waals surface area contributed by atoms with Crippen molar-refractivity contribution in [2.45, 2.75) is 12.1 Å². The van der Waals surface area contributed by atoms with Crippen molar-refractivity contribution in [2.24, 2.45) is 7.05 Å². The highest BCUT2D eigenvalue weighted by Crippen LogP contribution is 2.22. The number of aliphatic hydroxyl groups is 1. The number of nitrogens with two attached hydrogens (primary N) is 1. The van der Waals surface area contributed by atoms with Crippen LogP contribution in [0.5, 0.6) is 0 Å². The number of fused-ring (bicyclic) bond motifs is 1. The first-order chi connectivity index (χ1) is 14.9. The second kappa shape index (κ2) is 8.33. The monoisotopic (exact) mass is 418 g/mol. The maximum absolute atomic E-state index is 12.8. The number of hydrogen-bond acceptors (Lipinski definition) is 5. The first-order valence-corrected chi connectivity index (χ1v) is 9.63. The van der Waals surface area contributed by atoms with E-state index in [2.05, 4.69) is 20.6 Å². The minimum absolute atomic E-state index is 0.269.